The van der Waals surface area contributed by atoms with Crippen molar-refractivity contribution in [2.75, 3.05) is 25.6 Å². The van der Waals surface area contributed by atoms with E-state index in [9.17, 15) is 18.0 Å². The fourth-order valence-electron chi connectivity index (χ4n) is 3.04. The molecular formula is C19H19F3N2O3. The highest BCUT2D eigenvalue weighted by molar-refractivity contribution is 6.01. The Balaban J connectivity index is 2.04. The zero-order valence-electron chi connectivity index (χ0n) is 14.8. The Morgan fingerprint density at radius 2 is 1.89 bits per heavy atom. The standard InChI is InChI=1S/C19H19F3N2O3/c1-3-27-15-9-8-12(10-16(15)26-2)17-23-14-7-5-4-6-13(14)18(25)24(17)11-19(20,21)22/h4-10,17,23H,3,11H2,1-2H3/t17-/m1/s1. The van der Waals surface area contributed by atoms with Gasteiger partial charge in [0.15, 0.2) is 11.5 Å². The SMILES string of the molecule is CCOc1ccc([C@@H]2Nc3ccccc3C(=O)N2CC(F)(F)F)cc1OC. The summed E-state index contributed by atoms with van der Waals surface area (Å²) >= 11 is 0. The maximum Gasteiger partial charge on any atom is 0.406 e. The van der Waals surface area contributed by atoms with Gasteiger partial charge in [-0.2, -0.15) is 13.2 Å². The van der Waals surface area contributed by atoms with Crippen LogP contribution >= 0.6 is 0 Å². The van der Waals surface area contributed by atoms with Crippen LogP contribution in [0.3, 0.4) is 0 Å². The van der Waals surface area contributed by atoms with Crippen LogP contribution in [-0.2, 0) is 0 Å². The molecule has 1 aliphatic rings. The predicted octanol–water partition coefficient (Wildman–Crippen LogP) is 4.22. The molecule has 0 radical (unpaired) electrons. The number of hydrogen-bond acceptors (Lipinski definition) is 4. The van der Waals surface area contributed by atoms with Gasteiger partial charge in [0.05, 0.1) is 19.3 Å². The number of benzene rings is 2. The van der Waals surface area contributed by atoms with Gasteiger partial charge in [-0.3, -0.25) is 4.79 Å². The minimum Gasteiger partial charge on any atom is -0.493 e. The first-order valence-electron chi connectivity index (χ1n) is 8.38. The van der Waals surface area contributed by atoms with Crippen molar-refractivity contribution in [1.82, 2.24) is 4.90 Å². The van der Waals surface area contributed by atoms with Crippen molar-refractivity contribution < 1.29 is 27.4 Å². The summed E-state index contributed by atoms with van der Waals surface area (Å²) in [5.41, 5.74) is 1.15. The first kappa shape index (κ1) is 18.9. The minimum atomic E-state index is -4.53. The summed E-state index contributed by atoms with van der Waals surface area (Å²) in [6.07, 6.45) is -5.52. The Labute approximate surface area is 154 Å². The zero-order valence-corrected chi connectivity index (χ0v) is 14.8. The third kappa shape index (κ3) is 3.94. The molecule has 0 bridgehead atoms. The lowest BCUT2D eigenvalue weighted by Crippen LogP contribution is -2.47. The van der Waals surface area contributed by atoms with Gasteiger partial charge in [-0.05, 0) is 36.8 Å². The van der Waals surface area contributed by atoms with E-state index in [1.54, 1.807) is 36.4 Å². The highest BCUT2D eigenvalue weighted by Gasteiger charge is 2.40. The molecule has 0 aliphatic carbocycles. The Hall–Kier alpha value is -2.90. The smallest absolute Gasteiger partial charge is 0.406 e. The second-order valence-corrected chi connectivity index (χ2v) is 5.98. The molecule has 27 heavy (non-hydrogen) atoms. The van der Waals surface area contributed by atoms with E-state index in [4.69, 9.17) is 9.47 Å². The van der Waals surface area contributed by atoms with Crippen molar-refractivity contribution in [3.63, 3.8) is 0 Å². The highest BCUT2D eigenvalue weighted by Crippen LogP contribution is 2.38. The fraction of sp³-hybridized carbons (Fsp3) is 0.316. The third-order valence-corrected chi connectivity index (χ3v) is 4.18. The quantitative estimate of drug-likeness (QED) is 0.844. The second-order valence-electron chi connectivity index (χ2n) is 5.98. The molecule has 1 N–H and O–H groups in total. The summed E-state index contributed by atoms with van der Waals surface area (Å²) < 4.78 is 50.1. The molecule has 8 heteroatoms. The van der Waals surface area contributed by atoms with Crippen molar-refractivity contribution >= 4 is 11.6 Å². The number of halogens is 3. The van der Waals surface area contributed by atoms with Gasteiger partial charge in [0.25, 0.3) is 5.91 Å². The van der Waals surface area contributed by atoms with Gasteiger partial charge in [0.2, 0.25) is 0 Å². The first-order valence-corrected chi connectivity index (χ1v) is 8.38. The number of nitrogens with one attached hydrogen (secondary N) is 1. The molecular weight excluding hydrogens is 361 g/mol. The summed E-state index contributed by atoms with van der Waals surface area (Å²) in [4.78, 5) is 13.5. The van der Waals surface area contributed by atoms with E-state index in [-0.39, 0.29) is 5.56 Å². The summed E-state index contributed by atoms with van der Waals surface area (Å²) in [5, 5.41) is 3.03. The summed E-state index contributed by atoms with van der Waals surface area (Å²) in [6.45, 7) is 0.869. The van der Waals surface area contributed by atoms with Crippen LogP contribution in [0.2, 0.25) is 0 Å². The second kappa shape index (κ2) is 7.38. The lowest BCUT2D eigenvalue weighted by molar-refractivity contribution is -0.144. The predicted molar refractivity (Wildman–Crippen MR) is 94.1 cm³/mol. The summed E-state index contributed by atoms with van der Waals surface area (Å²) in [6, 6.07) is 11.3. The number of carbonyl (C=O) groups is 1. The molecule has 2 aromatic rings. The van der Waals surface area contributed by atoms with Gasteiger partial charge in [-0.15, -0.1) is 0 Å². The third-order valence-electron chi connectivity index (χ3n) is 4.18. The summed E-state index contributed by atoms with van der Waals surface area (Å²) in [7, 11) is 1.45. The molecule has 0 saturated carbocycles. The number of methoxy groups -OCH3 is 1. The number of amides is 1. The van der Waals surface area contributed by atoms with Crippen molar-refractivity contribution in [3.8, 4) is 11.5 Å². The number of nitrogens with zero attached hydrogens (tertiary/aromatic N) is 1. The maximum absolute atomic E-state index is 13.1. The molecule has 144 valence electrons. The zero-order chi connectivity index (χ0) is 19.6. The number of anilines is 1. The van der Waals surface area contributed by atoms with Crippen molar-refractivity contribution in [2.45, 2.75) is 19.3 Å². The molecule has 0 spiro atoms. The number of fused-ring (bicyclic) bond motifs is 1. The lowest BCUT2D eigenvalue weighted by Gasteiger charge is -2.38. The van der Waals surface area contributed by atoms with E-state index in [2.05, 4.69) is 5.32 Å². The van der Waals surface area contributed by atoms with Gasteiger partial charge in [-0.1, -0.05) is 18.2 Å². The molecule has 5 nitrogen and oxygen atoms in total. The van der Waals surface area contributed by atoms with Crippen LogP contribution in [-0.4, -0.2) is 37.2 Å². The molecule has 1 atom stereocenters. The van der Waals surface area contributed by atoms with Crippen molar-refractivity contribution in [1.29, 1.82) is 0 Å². The number of alkyl halides is 3. The number of para-hydroxylation sites is 1. The van der Waals surface area contributed by atoms with Crippen LogP contribution < -0.4 is 14.8 Å². The molecule has 0 saturated heterocycles. The Morgan fingerprint density at radius 1 is 1.15 bits per heavy atom. The van der Waals surface area contributed by atoms with Crippen LogP contribution in [0.15, 0.2) is 42.5 Å². The topological polar surface area (TPSA) is 50.8 Å². The van der Waals surface area contributed by atoms with E-state index < -0.39 is 24.8 Å². The molecule has 1 aliphatic heterocycles. The largest absolute Gasteiger partial charge is 0.493 e. The molecule has 0 fully saturated rings. The number of rotatable bonds is 5. The Morgan fingerprint density at radius 3 is 2.56 bits per heavy atom. The van der Waals surface area contributed by atoms with Crippen molar-refractivity contribution in [3.05, 3.63) is 53.6 Å². The first-order chi connectivity index (χ1) is 12.8. The van der Waals surface area contributed by atoms with E-state index >= 15 is 0 Å². The average molecular weight is 380 g/mol. The van der Waals surface area contributed by atoms with E-state index in [0.29, 0.717) is 29.4 Å². The molecule has 0 aromatic heterocycles. The van der Waals surface area contributed by atoms with Gasteiger partial charge in [0.1, 0.15) is 12.7 Å². The van der Waals surface area contributed by atoms with Gasteiger partial charge in [-0.25, -0.2) is 0 Å². The van der Waals surface area contributed by atoms with Gasteiger partial charge in [0, 0.05) is 5.69 Å². The van der Waals surface area contributed by atoms with Crippen LogP contribution in [0.1, 0.15) is 29.0 Å². The van der Waals surface area contributed by atoms with E-state index in [1.807, 2.05) is 6.92 Å². The van der Waals surface area contributed by atoms with Crippen LogP contribution in [0.5, 0.6) is 11.5 Å². The van der Waals surface area contributed by atoms with E-state index in [0.717, 1.165) is 4.90 Å². The van der Waals surface area contributed by atoms with E-state index in [1.165, 1.54) is 13.2 Å². The highest BCUT2D eigenvalue weighted by atomic mass is 19.4. The molecule has 2 aromatic carbocycles. The minimum absolute atomic E-state index is 0.205. The molecule has 1 amide bonds. The van der Waals surface area contributed by atoms with Crippen LogP contribution in [0, 0.1) is 0 Å². The number of hydrogen-bond donors (Lipinski definition) is 1. The number of carbonyl (C=O) groups excluding carboxylic acids is 1. The Kier molecular flexibility index (Phi) is 5.16. The normalized spacial score (nSPS) is 16.6. The van der Waals surface area contributed by atoms with Gasteiger partial charge >= 0.3 is 6.18 Å². The maximum atomic E-state index is 13.1. The fourth-order valence-corrected chi connectivity index (χ4v) is 3.04. The van der Waals surface area contributed by atoms with Gasteiger partial charge < -0.3 is 19.7 Å². The average Bonchev–Trinajstić information content (AvgIpc) is 2.63. The molecule has 1 heterocycles. The molecule has 0 unspecified atom stereocenters. The molecule has 3 rings (SSSR count). The summed E-state index contributed by atoms with van der Waals surface area (Å²) in [5.74, 6) is 0.183. The monoisotopic (exact) mass is 380 g/mol. The van der Waals surface area contributed by atoms with Crippen LogP contribution in [0.4, 0.5) is 18.9 Å². The lowest BCUT2D eigenvalue weighted by atomic mass is 10.0. The van der Waals surface area contributed by atoms with Crippen molar-refractivity contribution in [2.24, 2.45) is 0 Å². The number of ether oxygens (including phenoxy) is 2. The van der Waals surface area contributed by atoms with Crippen LogP contribution in [0.25, 0.3) is 0 Å². The Bertz CT molecular complexity index is 839.